The zero-order valence-corrected chi connectivity index (χ0v) is 22.5. The van der Waals surface area contributed by atoms with E-state index in [2.05, 4.69) is 6.92 Å². The summed E-state index contributed by atoms with van der Waals surface area (Å²) >= 11 is 0. The molecule has 1 fully saturated rings. The number of hydrogen-bond acceptors (Lipinski definition) is 6. The molecule has 0 radical (unpaired) electrons. The number of ether oxygens (including phenoxy) is 3. The fourth-order valence-electron chi connectivity index (χ4n) is 4.30. The molecule has 2 atom stereocenters. The maximum atomic E-state index is 12.1. The summed E-state index contributed by atoms with van der Waals surface area (Å²) in [6.45, 7) is 3.18. The number of unbranched alkanes of at least 4 members (excludes halogenated alkanes) is 14. The van der Waals surface area contributed by atoms with E-state index in [1.54, 1.807) is 0 Å². The predicted octanol–water partition coefficient (Wildman–Crippen LogP) is 6.79. The van der Waals surface area contributed by atoms with Crippen LogP contribution in [0.15, 0.2) is 0 Å². The Morgan fingerprint density at radius 1 is 0.735 bits per heavy atom. The summed E-state index contributed by atoms with van der Waals surface area (Å²) in [5.41, 5.74) is 0. The molecule has 1 aliphatic rings. The lowest BCUT2D eigenvalue weighted by molar-refractivity contribution is -0.180. The smallest absolute Gasteiger partial charge is 0.308 e. The molecule has 0 unspecified atom stereocenters. The van der Waals surface area contributed by atoms with E-state index in [1.807, 2.05) is 19.0 Å². The lowest BCUT2D eigenvalue weighted by Crippen LogP contribution is -2.24. The molecule has 200 valence electrons. The fourth-order valence-corrected chi connectivity index (χ4v) is 4.30. The van der Waals surface area contributed by atoms with Crippen molar-refractivity contribution in [2.45, 2.75) is 141 Å². The molecule has 1 rings (SSSR count). The van der Waals surface area contributed by atoms with Gasteiger partial charge in [-0.25, -0.2) is 0 Å². The van der Waals surface area contributed by atoms with Crippen molar-refractivity contribution >= 4 is 11.9 Å². The first kappa shape index (κ1) is 30.9. The van der Waals surface area contributed by atoms with Crippen LogP contribution in [-0.4, -0.2) is 56.5 Å². The Bertz CT molecular complexity index is 511. The summed E-state index contributed by atoms with van der Waals surface area (Å²) < 4.78 is 16.4. The van der Waals surface area contributed by atoms with Crippen molar-refractivity contribution in [3.63, 3.8) is 0 Å². The third-order valence-electron chi connectivity index (χ3n) is 6.51. The first-order valence-electron chi connectivity index (χ1n) is 14.2. The van der Waals surface area contributed by atoms with E-state index in [-0.39, 0.29) is 24.6 Å². The van der Waals surface area contributed by atoms with Gasteiger partial charge < -0.3 is 19.1 Å². The first-order chi connectivity index (χ1) is 16.5. The molecule has 0 saturated carbocycles. The van der Waals surface area contributed by atoms with Crippen molar-refractivity contribution < 1.29 is 23.8 Å². The highest BCUT2D eigenvalue weighted by molar-refractivity contribution is 5.69. The Hall–Kier alpha value is -1.14. The number of rotatable bonds is 22. The van der Waals surface area contributed by atoms with Crippen molar-refractivity contribution in [2.24, 2.45) is 0 Å². The molecule has 0 N–H and O–H groups in total. The standard InChI is InChI=1S/C28H53NO5/c1-4-5-6-7-8-9-10-11-12-13-14-15-16-17-18-19-27(31)34-28-21-20-25(33-28)24-32-26(30)22-23-29(2)3/h25,28H,4-24H2,1-3H3/t25-,28-/m0/s1. The molecular weight excluding hydrogens is 430 g/mol. The Morgan fingerprint density at radius 2 is 1.26 bits per heavy atom. The van der Waals surface area contributed by atoms with Crippen LogP contribution < -0.4 is 0 Å². The minimum atomic E-state index is -0.491. The summed E-state index contributed by atoms with van der Waals surface area (Å²) in [5.74, 6) is -0.394. The predicted molar refractivity (Wildman–Crippen MR) is 138 cm³/mol. The summed E-state index contributed by atoms with van der Waals surface area (Å²) in [7, 11) is 3.84. The number of carbonyl (C=O) groups is 2. The molecular formula is C28H53NO5. The maximum absolute atomic E-state index is 12.1. The van der Waals surface area contributed by atoms with Crippen molar-refractivity contribution in [3.05, 3.63) is 0 Å². The van der Waals surface area contributed by atoms with Gasteiger partial charge >= 0.3 is 11.9 Å². The van der Waals surface area contributed by atoms with Crippen molar-refractivity contribution in [1.82, 2.24) is 4.90 Å². The van der Waals surface area contributed by atoms with Crippen LogP contribution in [0, 0.1) is 0 Å². The summed E-state index contributed by atoms with van der Waals surface area (Å²) in [5, 5.41) is 0. The molecule has 0 aromatic carbocycles. The van der Waals surface area contributed by atoms with Crippen molar-refractivity contribution in [3.8, 4) is 0 Å². The summed E-state index contributed by atoms with van der Waals surface area (Å²) in [6, 6.07) is 0. The van der Waals surface area contributed by atoms with Crippen LogP contribution in [0.3, 0.4) is 0 Å². The minimum Gasteiger partial charge on any atom is -0.463 e. The van der Waals surface area contributed by atoms with Crippen LogP contribution in [0.2, 0.25) is 0 Å². The zero-order chi connectivity index (χ0) is 24.9. The van der Waals surface area contributed by atoms with Gasteiger partial charge in [0.15, 0.2) is 0 Å². The highest BCUT2D eigenvalue weighted by Gasteiger charge is 2.29. The Morgan fingerprint density at radius 3 is 1.79 bits per heavy atom. The number of esters is 2. The van der Waals surface area contributed by atoms with E-state index >= 15 is 0 Å². The van der Waals surface area contributed by atoms with Gasteiger partial charge in [-0.15, -0.1) is 0 Å². The van der Waals surface area contributed by atoms with E-state index < -0.39 is 6.29 Å². The molecule has 6 heteroatoms. The lowest BCUT2D eigenvalue weighted by Gasteiger charge is -2.15. The average molecular weight is 484 g/mol. The van der Waals surface area contributed by atoms with Crippen molar-refractivity contribution in [1.29, 1.82) is 0 Å². The Labute approximate surface area is 209 Å². The van der Waals surface area contributed by atoms with Crippen LogP contribution in [0.1, 0.15) is 129 Å². The number of hydrogen-bond donors (Lipinski definition) is 0. The number of nitrogens with zero attached hydrogens (tertiary/aromatic N) is 1. The first-order valence-corrected chi connectivity index (χ1v) is 14.2. The second-order valence-corrected chi connectivity index (χ2v) is 10.2. The third-order valence-corrected chi connectivity index (χ3v) is 6.51. The highest BCUT2D eigenvalue weighted by atomic mass is 16.7. The maximum Gasteiger partial charge on any atom is 0.308 e. The van der Waals surface area contributed by atoms with Gasteiger partial charge in [0.25, 0.3) is 0 Å². The van der Waals surface area contributed by atoms with Gasteiger partial charge in [-0.1, -0.05) is 96.8 Å². The quantitative estimate of drug-likeness (QED) is 0.125. The lowest BCUT2D eigenvalue weighted by atomic mass is 10.0. The van der Waals surface area contributed by atoms with E-state index in [0.717, 1.165) is 19.3 Å². The second-order valence-electron chi connectivity index (χ2n) is 10.2. The van der Waals surface area contributed by atoms with Crippen LogP contribution in [0.25, 0.3) is 0 Å². The summed E-state index contributed by atoms with van der Waals surface area (Å²) in [4.78, 5) is 25.7. The molecule has 1 saturated heterocycles. The molecule has 6 nitrogen and oxygen atoms in total. The van der Waals surface area contributed by atoms with Crippen LogP contribution >= 0.6 is 0 Å². The Balaban J connectivity index is 1.87. The molecule has 0 aromatic heterocycles. The molecule has 34 heavy (non-hydrogen) atoms. The van der Waals surface area contributed by atoms with Gasteiger partial charge in [0.05, 0.1) is 12.5 Å². The second kappa shape index (κ2) is 21.2. The fraction of sp³-hybridized carbons (Fsp3) is 0.929. The van der Waals surface area contributed by atoms with E-state index in [4.69, 9.17) is 14.2 Å². The van der Waals surface area contributed by atoms with Crippen molar-refractivity contribution in [2.75, 3.05) is 27.2 Å². The summed E-state index contributed by atoms with van der Waals surface area (Å²) in [6.07, 6.45) is 21.3. The topological polar surface area (TPSA) is 65.1 Å². The van der Waals surface area contributed by atoms with E-state index in [9.17, 15) is 9.59 Å². The molecule has 1 heterocycles. The van der Waals surface area contributed by atoms with E-state index in [0.29, 0.717) is 25.8 Å². The third kappa shape index (κ3) is 18.2. The van der Waals surface area contributed by atoms with Crippen LogP contribution in [0.5, 0.6) is 0 Å². The van der Waals surface area contributed by atoms with Gasteiger partial charge in [-0.3, -0.25) is 9.59 Å². The van der Waals surface area contributed by atoms with Crippen LogP contribution in [-0.2, 0) is 23.8 Å². The highest BCUT2D eigenvalue weighted by Crippen LogP contribution is 2.22. The largest absolute Gasteiger partial charge is 0.463 e. The molecule has 0 aliphatic carbocycles. The monoisotopic (exact) mass is 483 g/mol. The SMILES string of the molecule is CCCCCCCCCCCCCCCCCC(=O)O[C@H]1CC[C@@H](COC(=O)CCN(C)C)O1. The molecule has 0 aromatic rings. The normalized spacial score (nSPS) is 17.9. The minimum absolute atomic E-state index is 0.174. The molecule has 0 spiro atoms. The van der Waals surface area contributed by atoms with Gasteiger partial charge in [0.1, 0.15) is 6.61 Å². The zero-order valence-electron chi connectivity index (χ0n) is 22.5. The molecule has 0 amide bonds. The average Bonchev–Trinajstić information content (AvgIpc) is 3.26. The molecule has 0 bridgehead atoms. The molecule has 1 aliphatic heterocycles. The van der Waals surface area contributed by atoms with Gasteiger partial charge in [0, 0.05) is 19.4 Å². The van der Waals surface area contributed by atoms with Gasteiger partial charge in [-0.2, -0.15) is 0 Å². The van der Waals surface area contributed by atoms with Gasteiger partial charge in [-0.05, 0) is 26.9 Å². The van der Waals surface area contributed by atoms with Gasteiger partial charge in [0.2, 0.25) is 6.29 Å². The Kier molecular flexibility index (Phi) is 19.2. The van der Waals surface area contributed by atoms with E-state index in [1.165, 1.54) is 83.5 Å². The van der Waals surface area contributed by atoms with Crippen LogP contribution in [0.4, 0.5) is 0 Å². The number of carbonyl (C=O) groups excluding carboxylic acids is 2.